The average Bonchev–Trinajstić information content (AvgIpc) is 2.58. The molecule has 2 rings (SSSR count). The smallest absolute Gasteiger partial charge is 0.336 e. The van der Waals surface area contributed by atoms with Crippen LogP contribution in [0.5, 0.6) is 11.5 Å². The Hall–Kier alpha value is -2.80. The molecule has 1 N–H and O–H groups in total. The van der Waals surface area contributed by atoms with Crippen LogP contribution < -0.4 is 15.3 Å². The van der Waals surface area contributed by atoms with Crippen LogP contribution >= 0.6 is 0 Å². The molecule has 2 aromatic rings. The molecule has 0 aliphatic heterocycles. The van der Waals surface area contributed by atoms with Gasteiger partial charge in [-0.2, -0.15) is 0 Å². The zero-order valence-corrected chi connectivity index (χ0v) is 14.7. The Morgan fingerprint density at radius 2 is 2.04 bits per heavy atom. The van der Waals surface area contributed by atoms with Crippen molar-refractivity contribution in [1.82, 2.24) is 4.90 Å². The maximum Gasteiger partial charge on any atom is 0.336 e. The van der Waals surface area contributed by atoms with Crippen molar-refractivity contribution in [2.45, 2.75) is 19.8 Å². The van der Waals surface area contributed by atoms with Crippen LogP contribution in [0, 0.1) is 0 Å². The highest BCUT2D eigenvalue weighted by Crippen LogP contribution is 2.37. The maximum absolute atomic E-state index is 12.7. The molecule has 1 aromatic carbocycles. The summed E-state index contributed by atoms with van der Waals surface area (Å²) in [6.07, 6.45) is 4.26. The van der Waals surface area contributed by atoms with E-state index < -0.39 is 11.4 Å². The second kappa shape index (κ2) is 7.85. The second-order valence-electron chi connectivity index (χ2n) is 5.73. The molecule has 134 valence electrons. The highest BCUT2D eigenvalue weighted by Gasteiger charge is 2.23. The van der Waals surface area contributed by atoms with E-state index in [1.165, 1.54) is 25.3 Å². The number of rotatable bonds is 7. The van der Waals surface area contributed by atoms with Crippen molar-refractivity contribution in [3.05, 3.63) is 46.0 Å². The van der Waals surface area contributed by atoms with E-state index in [9.17, 15) is 14.8 Å². The molecule has 0 unspecified atom stereocenters. The van der Waals surface area contributed by atoms with Gasteiger partial charge in [0.05, 0.1) is 12.5 Å². The minimum Gasteiger partial charge on any atom is -0.496 e. The third-order valence-electron chi connectivity index (χ3n) is 3.63. The van der Waals surface area contributed by atoms with Crippen LogP contribution in [-0.2, 0) is 6.42 Å². The monoisotopic (exact) mass is 347 g/mol. The fourth-order valence-corrected chi connectivity index (χ4v) is 2.60. The van der Waals surface area contributed by atoms with Gasteiger partial charge in [0.25, 0.3) is 0 Å². The molecule has 0 fully saturated rings. The van der Waals surface area contributed by atoms with E-state index in [4.69, 9.17) is 9.15 Å². The van der Waals surface area contributed by atoms with Crippen molar-refractivity contribution in [2.24, 2.45) is 0 Å². The fourth-order valence-electron chi connectivity index (χ4n) is 2.60. The molecular weight excluding hydrogens is 326 g/mol. The average molecular weight is 347 g/mol. The van der Waals surface area contributed by atoms with E-state index in [0.717, 1.165) is 6.42 Å². The molecular formula is C18H21NO6. The van der Waals surface area contributed by atoms with E-state index in [1.54, 1.807) is 25.2 Å². The van der Waals surface area contributed by atoms with Crippen LogP contribution in [0.3, 0.4) is 0 Å². The van der Waals surface area contributed by atoms with Crippen molar-refractivity contribution in [1.29, 1.82) is 0 Å². The highest BCUT2D eigenvalue weighted by molar-refractivity contribution is 6.15. The molecule has 0 aliphatic carbocycles. The second-order valence-corrected chi connectivity index (χ2v) is 5.73. The first-order valence-electron chi connectivity index (χ1n) is 7.81. The van der Waals surface area contributed by atoms with Gasteiger partial charge in [-0.1, -0.05) is 13.3 Å². The minimum atomic E-state index is -0.585. The Bertz CT molecular complexity index is 866. The number of allylic oxidation sites excluding steroid dienone is 1. The lowest BCUT2D eigenvalue weighted by atomic mass is 9.99. The third kappa shape index (κ3) is 3.83. The van der Waals surface area contributed by atoms with Gasteiger partial charge in [-0.25, -0.2) is 10.1 Å². The zero-order valence-electron chi connectivity index (χ0n) is 14.7. The number of hydrogen-bond acceptors (Lipinski definition) is 7. The first-order chi connectivity index (χ1) is 11.9. The molecule has 0 radical (unpaired) electrons. The molecule has 25 heavy (non-hydrogen) atoms. The van der Waals surface area contributed by atoms with Gasteiger partial charge in [-0.15, -0.1) is 0 Å². The first kappa shape index (κ1) is 18.5. The number of aryl methyl sites for hydroxylation is 1. The zero-order chi connectivity index (χ0) is 18.6. The van der Waals surface area contributed by atoms with Crippen molar-refractivity contribution < 1.29 is 24.1 Å². The summed E-state index contributed by atoms with van der Waals surface area (Å²) < 4.78 is 10.5. The molecule has 7 heteroatoms. The standard InChI is InChI=1S/C18H21NO6/c1-5-6-11-9-15(21)24-18-16(11)14(25-22)10-13(23-4)17(18)12(20)7-8-19(2)3/h7-10,22H,5-6H2,1-4H3/b8-7+. The predicted molar refractivity (Wildman–Crippen MR) is 93.4 cm³/mol. The van der Waals surface area contributed by atoms with Gasteiger partial charge in [0.15, 0.2) is 17.1 Å². The van der Waals surface area contributed by atoms with Crippen LogP contribution in [-0.4, -0.2) is 37.1 Å². The van der Waals surface area contributed by atoms with Crippen LogP contribution in [0.25, 0.3) is 11.0 Å². The molecule has 0 aliphatic rings. The van der Waals surface area contributed by atoms with Crippen LogP contribution in [0.2, 0.25) is 0 Å². The number of nitrogens with zero attached hydrogens (tertiary/aromatic N) is 1. The van der Waals surface area contributed by atoms with Gasteiger partial charge in [-0.3, -0.25) is 4.79 Å². The Labute approximate surface area is 145 Å². The normalized spacial score (nSPS) is 11.1. The Kier molecular flexibility index (Phi) is 5.82. The molecule has 7 nitrogen and oxygen atoms in total. The Morgan fingerprint density at radius 1 is 1.32 bits per heavy atom. The van der Waals surface area contributed by atoms with Gasteiger partial charge in [-0.05, 0) is 12.0 Å². The van der Waals surface area contributed by atoms with Gasteiger partial charge in [0.2, 0.25) is 0 Å². The highest BCUT2D eigenvalue weighted by atomic mass is 17.1. The first-order valence-corrected chi connectivity index (χ1v) is 7.81. The lowest BCUT2D eigenvalue weighted by Crippen LogP contribution is -2.09. The SMILES string of the molecule is CCCc1cc(=O)oc2c(C(=O)/C=C/N(C)C)c(OC)cc(OO)c12. The summed E-state index contributed by atoms with van der Waals surface area (Å²) in [4.78, 5) is 30.8. The van der Waals surface area contributed by atoms with Gasteiger partial charge < -0.3 is 18.9 Å². The summed E-state index contributed by atoms with van der Waals surface area (Å²) in [6.45, 7) is 1.95. The van der Waals surface area contributed by atoms with Crippen molar-refractivity contribution in [3.8, 4) is 11.5 Å². The molecule has 1 aromatic heterocycles. The molecule has 0 atom stereocenters. The van der Waals surface area contributed by atoms with E-state index in [2.05, 4.69) is 4.89 Å². The number of carbonyl (C=O) groups is 1. The molecule has 0 saturated carbocycles. The fraction of sp³-hybridized carbons (Fsp3) is 0.333. The molecule has 0 spiro atoms. The van der Waals surface area contributed by atoms with Crippen molar-refractivity contribution >= 4 is 16.8 Å². The Balaban J connectivity index is 2.88. The number of hydrogen-bond donors (Lipinski definition) is 1. The number of ether oxygens (including phenoxy) is 1. The third-order valence-corrected chi connectivity index (χ3v) is 3.63. The number of carbonyl (C=O) groups excluding carboxylic acids is 1. The summed E-state index contributed by atoms with van der Waals surface area (Å²) in [5, 5.41) is 9.62. The molecule has 1 heterocycles. The lowest BCUT2D eigenvalue weighted by Gasteiger charge is -2.14. The number of fused-ring (bicyclic) bond motifs is 1. The van der Waals surface area contributed by atoms with Crippen LogP contribution in [0.1, 0.15) is 29.3 Å². The summed E-state index contributed by atoms with van der Waals surface area (Å²) >= 11 is 0. The quantitative estimate of drug-likeness (QED) is 0.271. The summed E-state index contributed by atoms with van der Waals surface area (Å²) in [5.74, 6) is -0.189. The van der Waals surface area contributed by atoms with Crippen molar-refractivity contribution in [2.75, 3.05) is 21.2 Å². The van der Waals surface area contributed by atoms with E-state index >= 15 is 0 Å². The van der Waals surface area contributed by atoms with Gasteiger partial charge in [0, 0.05) is 38.5 Å². The number of ketones is 1. The molecule has 0 bridgehead atoms. The topological polar surface area (TPSA) is 89.2 Å². The predicted octanol–water partition coefficient (Wildman–Crippen LogP) is 2.86. The van der Waals surface area contributed by atoms with E-state index in [-0.39, 0.29) is 22.6 Å². The van der Waals surface area contributed by atoms with E-state index in [1.807, 2.05) is 6.92 Å². The number of benzene rings is 1. The van der Waals surface area contributed by atoms with Crippen LogP contribution in [0.15, 0.2) is 33.6 Å². The minimum absolute atomic E-state index is 0.0350. The van der Waals surface area contributed by atoms with Gasteiger partial charge >= 0.3 is 5.63 Å². The largest absolute Gasteiger partial charge is 0.496 e. The van der Waals surface area contributed by atoms with Crippen LogP contribution in [0.4, 0.5) is 0 Å². The van der Waals surface area contributed by atoms with Gasteiger partial charge in [0.1, 0.15) is 11.3 Å². The summed E-state index contributed by atoms with van der Waals surface area (Å²) in [6, 6.07) is 2.74. The lowest BCUT2D eigenvalue weighted by molar-refractivity contribution is -0.136. The van der Waals surface area contributed by atoms with Crippen molar-refractivity contribution in [3.63, 3.8) is 0 Å². The molecule has 0 amide bonds. The summed E-state index contributed by atoms with van der Waals surface area (Å²) in [5.41, 5.74) is 0.184. The molecule has 0 saturated heterocycles. The van der Waals surface area contributed by atoms with E-state index in [0.29, 0.717) is 17.4 Å². The summed E-state index contributed by atoms with van der Waals surface area (Å²) in [7, 11) is 4.94. The number of methoxy groups -OCH3 is 1. The Morgan fingerprint density at radius 3 is 2.60 bits per heavy atom. The maximum atomic E-state index is 12.7.